The van der Waals surface area contributed by atoms with Crippen LogP contribution in [0, 0.1) is 11.7 Å². The molecule has 0 spiro atoms. The molecule has 0 aliphatic carbocycles. The summed E-state index contributed by atoms with van der Waals surface area (Å²) in [5, 5.41) is 0.833. The minimum atomic E-state index is -0.211. The number of halogens is 1. The summed E-state index contributed by atoms with van der Waals surface area (Å²) in [5.74, 6) is 2.01. The van der Waals surface area contributed by atoms with Gasteiger partial charge in [0.2, 0.25) is 5.91 Å². The van der Waals surface area contributed by atoms with Crippen molar-refractivity contribution >= 4 is 29.2 Å². The van der Waals surface area contributed by atoms with Crippen molar-refractivity contribution in [2.45, 2.75) is 24.8 Å². The van der Waals surface area contributed by atoms with Crippen molar-refractivity contribution in [3.63, 3.8) is 0 Å². The van der Waals surface area contributed by atoms with Gasteiger partial charge in [-0.1, -0.05) is 18.7 Å². The molecular formula is C22H28FN5OS. The second-order valence-electron chi connectivity index (χ2n) is 8.02. The van der Waals surface area contributed by atoms with Gasteiger partial charge in [0, 0.05) is 51.0 Å². The van der Waals surface area contributed by atoms with E-state index in [9.17, 15) is 9.18 Å². The number of aromatic nitrogens is 2. The Morgan fingerprint density at radius 3 is 2.40 bits per heavy atom. The van der Waals surface area contributed by atoms with Crippen molar-refractivity contribution in [3.8, 4) is 0 Å². The number of anilines is 2. The topological polar surface area (TPSA) is 52.6 Å². The second kappa shape index (κ2) is 9.64. The van der Waals surface area contributed by atoms with Crippen LogP contribution in [-0.4, -0.2) is 65.8 Å². The highest BCUT2D eigenvalue weighted by Gasteiger charge is 2.21. The number of benzene rings is 1. The van der Waals surface area contributed by atoms with Gasteiger partial charge in [-0.2, -0.15) is 0 Å². The van der Waals surface area contributed by atoms with Gasteiger partial charge in [0.05, 0.1) is 5.75 Å². The highest BCUT2D eigenvalue weighted by molar-refractivity contribution is 7.99. The normalized spacial score (nSPS) is 18.0. The number of carbonyl (C=O) groups is 1. The summed E-state index contributed by atoms with van der Waals surface area (Å²) < 4.78 is 13.1. The number of carbonyl (C=O) groups excluding carboxylic acids is 1. The lowest BCUT2D eigenvalue weighted by Crippen LogP contribution is -2.46. The summed E-state index contributed by atoms with van der Waals surface area (Å²) in [6, 6.07) is 8.63. The van der Waals surface area contributed by atoms with Crippen molar-refractivity contribution in [3.05, 3.63) is 42.5 Å². The summed E-state index contributed by atoms with van der Waals surface area (Å²) in [5.41, 5.74) is 1.04. The lowest BCUT2D eigenvalue weighted by molar-refractivity contribution is -0.129. The van der Waals surface area contributed by atoms with Gasteiger partial charge in [0.15, 0.2) is 0 Å². The first-order valence-corrected chi connectivity index (χ1v) is 11.5. The zero-order chi connectivity index (χ0) is 20.9. The van der Waals surface area contributed by atoms with Crippen LogP contribution in [0.5, 0.6) is 0 Å². The molecule has 0 N–H and O–H groups in total. The molecule has 1 aromatic heterocycles. The molecule has 30 heavy (non-hydrogen) atoms. The van der Waals surface area contributed by atoms with Gasteiger partial charge in [-0.05, 0) is 43.0 Å². The van der Waals surface area contributed by atoms with Crippen LogP contribution in [0.25, 0.3) is 0 Å². The molecule has 2 aliphatic heterocycles. The lowest BCUT2D eigenvalue weighted by Gasteiger charge is -2.36. The molecule has 2 aliphatic rings. The van der Waals surface area contributed by atoms with Crippen molar-refractivity contribution in [1.29, 1.82) is 0 Å². The Kier molecular flexibility index (Phi) is 6.72. The first kappa shape index (κ1) is 20.9. The summed E-state index contributed by atoms with van der Waals surface area (Å²) in [7, 11) is 0. The minimum absolute atomic E-state index is 0.194. The van der Waals surface area contributed by atoms with E-state index < -0.39 is 0 Å². The molecule has 0 bridgehead atoms. The van der Waals surface area contributed by atoms with Crippen LogP contribution >= 0.6 is 11.8 Å². The van der Waals surface area contributed by atoms with Crippen LogP contribution < -0.4 is 9.80 Å². The second-order valence-corrected chi connectivity index (χ2v) is 9.01. The molecule has 2 saturated heterocycles. The van der Waals surface area contributed by atoms with Crippen LogP contribution in [0.2, 0.25) is 0 Å². The predicted octanol–water partition coefficient (Wildman–Crippen LogP) is 3.29. The number of hydrogen-bond donors (Lipinski definition) is 0. The molecule has 0 saturated carbocycles. The maximum atomic E-state index is 13.1. The monoisotopic (exact) mass is 429 g/mol. The number of piperidine rings is 1. The van der Waals surface area contributed by atoms with E-state index in [4.69, 9.17) is 0 Å². The lowest BCUT2D eigenvalue weighted by atomic mass is 9.99. The average Bonchev–Trinajstić information content (AvgIpc) is 2.79. The summed E-state index contributed by atoms with van der Waals surface area (Å²) in [4.78, 5) is 27.7. The van der Waals surface area contributed by atoms with Crippen LogP contribution in [0.3, 0.4) is 0 Å². The molecular weight excluding hydrogens is 401 g/mol. The van der Waals surface area contributed by atoms with Crippen molar-refractivity contribution in [2.75, 3.05) is 54.8 Å². The fraction of sp³-hybridized carbons (Fsp3) is 0.500. The zero-order valence-electron chi connectivity index (χ0n) is 17.3. The van der Waals surface area contributed by atoms with Gasteiger partial charge < -0.3 is 14.7 Å². The van der Waals surface area contributed by atoms with Crippen molar-refractivity contribution in [1.82, 2.24) is 14.9 Å². The van der Waals surface area contributed by atoms with Gasteiger partial charge in [0.1, 0.15) is 23.0 Å². The smallest absolute Gasteiger partial charge is 0.232 e. The summed E-state index contributed by atoms with van der Waals surface area (Å²) in [6.45, 7) is 7.36. The third-order valence-corrected chi connectivity index (χ3v) is 6.81. The predicted molar refractivity (Wildman–Crippen MR) is 119 cm³/mol. The highest BCUT2D eigenvalue weighted by atomic mass is 32.2. The Balaban J connectivity index is 1.29. The average molecular weight is 430 g/mol. The summed E-state index contributed by atoms with van der Waals surface area (Å²) >= 11 is 1.48. The van der Waals surface area contributed by atoms with Gasteiger partial charge in [-0.3, -0.25) is 4.79 Å². The molecule has 2 fully saturated rings. The highest BCUT2D eigenvalue weighted by Crippen LogP contribution is 2.24. The number of nitrogens with zero attached hydrogens (tertiary/aromatic N) is 5. The molecule has 0 radical (unpaired) electrons. The quantitative estimate of drug-likeness (QED) is 0.537. The van der Waals surface area contributed by atoms with Gasteiger partial charge >= 0.3 is 0 Å². The third-order valence-electron chi connectivity index (χ3n) is 5.90. The molecule has 4 rings (SSSR count). The number of hydrogen-bond acceptors (Lipinski definition) is 6. The number of piperazine rings is 1. The summed E-state index contributed by atoms with van der Waals surface area (Å²) in [6.07, 6.45) is 3.77. The first-order chi connectivity index (χ1) is 14.6. The number of thioether (sulfide) groups is 1. The van der Waals surface area contributed by atoms with Gasteiger partial charge in [-0.15, -0.1) is 0 Å². The number of rotatable bonds is 5. The first-order valence-electron chi connectivity index (χ1n) is 10.6. The van der Waals surface area contributed by atoms with Crippen molar-refractivity contribution in [2.24, 2.45) is 5.92 Å². The largest absolute Gasteiger partial charge is 0.368 e. The molecule has 6 nitrogen and oxygen atoms in total. The fourth-order valence-electron chi connectivity index (χ4n) is 3.91. The van der Waals surface area contributed by atoms with Crippen LogP contribution in [0.15, 0.2) is 41.7 Å². The van der Waals surface area contributed by atoms with E-state index in [-0.39, 0.29) is 11.7 Å². The zero-order valence-corrected chi connectivity index (χ0v) is 18.2. The van der Waals surface area contributed by atoms with E-state index in [2.05, 4.69) is 26.7 Å². The Morgan fingerprint density at radius 1 is 1.03 bits per heavy atom. The molecule has 0 atom stereocenters. The fourth-order valence-corrected chi connectivity index (χ4v) is 4.68. The third kappa shape index (κ3) is 5.22. The van der Waals surface area contributed by atoms with Crippen LogP contribution in [0.1, 0.15) is 19.8 Å². The Labute approximate surface area is 181 Å². The Morgan fingerprint density at radius 2 is 1.70 bits per heavy atom. The number of amides is 1. The molecule has 160 valence electrons. The van der Waals surface area contributed by atoms with Crippen molar-refractivity contribution < 1.29 is 9.18 Å². The molecule has 1 aromatic carbocycles. The van der Waals surface area contributed by atoms with Gasteiger partial charge in [-0.25, -0.2) is 14.4 Å². The van der Waals surface area contributed by atoms with Gasteiger partial charge in [0.25, 0.3) is 0 Å². The van der Waals surface area contributed by atoms with E-state index in [1.165, 1.54) is 23.9 Å². The number of likely N-dealkylation sites (tertiary alicyclic amines) is 1. The van der Waals surface area contributed by atoms with E-state index in [0.29, 0.717) is 5.75 Å². The molecule has 8 heteroatoms. The standard InChI is InChI=1S/C22H28FN5OS/c1-17-6-8-28(9-7-17)22(29)15-30-21-14-20(24-16-25-21)27-12-10-26(11-13-27)19-4-2-18(23)3-5-19/h2-5,14,16-17H,6-13,15H2,1H3. The van der Waals surface area contributed by atoms with E-state index in [0.717, 1.165) is 74.6 Å². The van der Waals surface area contributed by atoms with Crippen LogP contribution in [0.4, 0.5) is 15.9 Å². The maximum Gasteiger partial charge on any atom is 0.232 e. The van der Waals surface area contributed by atoms with E-state index >= 15 is 0 Å². The Bertz CT molecular complexity index is 849. The SMILES string of the molecule is CC1CCN(C(=O)CSc2cc(N3CCN(c4ccc(F)cc4)CC3)ncn2)CC1. The van der Waals surface area contributed by atoms with E-state index in [1.54, 1.807) is 6.33 Å². The van der Waals surface area contributed by atoms with Crippen LogP contribution in [-0.2, 0) is 4.79 Å². The molecule has 1 amide bonds. The molecule has 2 aromatic rings. The Hall–Kier alpha value is -2.35. The maximum absolute atomic E-state index is 13.1. The van der Waals surface area contributed by atoms with E-state index in [1.807, 2.05) is 23.1 Å². The minimum Gasteiger partial charge on any atom is -0.368 e. The molecule has 0 unspecified atom stereocenters. The molecule has 3 heterocycles.